The predicted molar refractivity (Wildman–Crippen MR) is 105 cm³/mol. The van der Waals surface area contributed by atoms with Gasteiger partial charge in [-0.3, -0.25) is 14.6 Å². The van der Waals surface area contributed by atoms with Gasteiger partial charge in [0.2, 0.25) is 5.91 Å². The second-order valence-electron chi connectivity index (χ2n) is 8.63. The topological polar surface area (TPSA) is 82.5 Å². The van der Waals surface area contributed by atoms with E-state index in [4.69, 9.17) is 9.47 Å². The molecular formula is C22H24N2O5. The molecule has 1 aromatic carbocycles. The van der Waals surface area contributed by atoms with Crippen molar-refractivity contribution in [1.29, 1.82) is 0 Å². The van der Waals surface area contributed by atoms with E-state index in [9.17, 15) is 15.0 Å². The summed E-state index contributed by atoms with van der Waals surface area (Å²) in [5.74, 6) is 0.196. The number of phenolic OH excluding ortho intramolecular Hbond substituents is 1. The molecule has 29 heavy (non-hydrogen) atoms. The lowest BCUT2D eigenvalue weighted by molar-refractivity contribution is -0.116. The summed E-state index contributed by atoms with van der Waals surface area (Å²) in [6.07, 6.45) is 2.76. The minimum Gasteiger partial charge on any atom is -0.503 e. The van der Waals surface area contributed by atoms with Crippen molar-refractivity contribution in [3.8, 4) is 11.5 Å². The van der Waals surface area contributed by atoms with Crippen LogP contribution in [-0.4, -0.2) is 60.2 Å². The lowest BCUT2D eigenvalue weighted by Crippen LogP contribution is -2.55. The zero-order valence-corrected chi connectivity index (χ0v) is 16.5. The van der Waals surface area contributed by atoms with Crippen molar-refractivity contribution in [3.05, 3.63) is 40.6 Å². The number of hydrogen-bond donors (Lipinski definition) is 2. The molecule has 7 heteroatoms. The standard InChI is InChI=1S/C22H24N2O5/c1-11(25)24-18-14(3-4-15(28-2)19(18)26)22-6-7-23-10-12-5-8-29-21(27)17(20(22)24)13(12)9-16(22)23/h3-5,13,16,21,26-27H,6-10H2,1-2H3. The van der Waals surface area contributed by atoms with E-state index in [2.05, 4.69) is 11.0 Å². The van der Waals surface area contributed by atoms with Gasteiger partial charge in [-0.2, -0.15) is 0 Å². The molecule has 2 saturated heterocycles. The van der Waals surface area contributed by atoms with E-state index >= 15 is 0 Å². The zero-order valence-electron chi connectivity index (χ0n) is 16.5. The summed E-state index contributed by atoms with van der Waals surface area (Å²) in [7, 11) is 1.51. The number of fused-ring (bicyclic) bond motifs is 1. The third-order valence-electron chi connectivity index (χ3n) is 7.61. The van der Waals surface area contributed by atoms with Gasteiger partial charge in [0.25, 0.3) is 0 Å². The molecule has 2 N–H and O–H groups in total. The highest BCUT2D eigenvalue weighted by atomic mass is 16.6. The van der Waals surface area contributed by atoms with Crippen LogP contribution in [0.15, 0.2) is 35.1 Å². The van der Waals surface area contributed by atoms with Gasteiger partial charge in [0.15, 0.2) is 17.8 Å². The monoisotopic (exact) mass is 396 g/mol. The summed E-state index contributed by atoms with van der Waals surface area (Å²) in [5, 5.41) is 22.0. The highest BCUT2D eigenvalue weighted by Gasteiger charge is 2.65. The Labute approximate surface area is 168 Å². The lowest BCUT2D eigenvalue weighted by Gasteiger charge is -2.50. The zero-order chi connectivity index (χ0) is 20.1. The van der Waals surface area contributed by atoms with Crippen LogP contribution < -0.4 is 9.64 Å². The van der Waals surface area contributed by atoms with Gasteiger partial charge in [0.1, 0.15) is 0 Å². The van der Waals surface area contributed by atoms with Crippen molar-refractivity contribution in [2.24, 2.45) is 5.92 Å². The van der Waals surface area contributed by atoms with E-state index in [0.717, 1.165) is 42.8 Å². The Morgan fingerprint density at radius 1 is 1.38 bits per heavy atom. The molecule has 1 amide bonds. The number of carbonyl (C=O) groups excluding carboxylic acids is 1. The minimum atomic E-state index is -1.06. The Hall–Kier alpha value is -2.35. The van der Waals surface area contributed by atoms with Gasteiger partial charge >= 0.3 is 0 Å². The quantitative estimate of drug-likeness (QED) is 0.703. The number of aromatic hydroxyl groups is 1. The van der Waals surface area contributed by atoms with Crippen LogP contribution in [0, 0.1) is 5.92 Å². The van der Waals surface area contributed by atoms with Crippen LogP contribution in [-0.2, 0) is 14.9 Å². The molecule has 1 aliphatic carbocycles. The Balaban J connectivity index is 1.74. The first-order valence-corrected chi connectivity index (χ1v) is 10.2. The van der Waals surface area contributed by atoms with Crippen LogP contribution in [0.4, 0.5) is 5.69 Å². The first kappa shape index (κ1) is 17.5. The number of rotatable bonds is 1. The number of nitrogens with zero attached hydrogens (tertiary/aromatic N) is 2. The van der Waals surface area contributed by atoms with Crippen molar-refractivity contribution < 1.29 is 24.5 Å². The van der Waals surface area contributed by atoms with Crippen LogP contribution in [0.3, 0.4) is 0 Å². The fourth-order valence-electron chi connectivity index (χ4n) is 6.58. The minimum absolute atomic E-state index is 0.0233. The number of methoxy groups -OCH3 is 1. The van der Waals surface area contributed by atoms with Gasteiger partial charge in [-0.1, -0.05) is 17.7 Å². The molecule has 7 nitrogen and oxygen atoms in total. The molecular weight excluding hydrogens is 372 g/mol. The molecule has 2 fully saturated rings. The fraction of sp³-hybridized carbons (Fsp3) is 0.500. The number of aliphatic hydroxyl groups excluding tert-OH is 1. The maximum atomic E-state index is 12.9. The highest BCUT2D eigenvalue weighted by Crippen LogP contribution is 2.66. The summed E-state index contributed by atoms with van der Waals surface area (Å²) in [6, 6.07) is 3.98. The van der Waals surface area contributed by atoms with E-state index < -0.39 is 11.7 Å². The highest BCUT2D eigenvalue weighted by molar-refractivity contribution is 6.02. The van der Waals surface area contributed by atoms with Crippen LogP contribution in [0.1, 0.15) is 25.3 Å². The number of ether oxygens (including phenoxy) is 2. The SMILES string of the molecule is COc1ccc2c(c1O)N(C(C)=O)C1=C3C(O)OCC=C4CN5CCC12C5CC43. The third-order valence-corrected chi connectivity index (χ3v) is 7.61. The van der Waals surface area contributed by atoms with Crippen molar-refractivity contribution in [1.82, 2.24) is 4.90 Å². The van der Waals surface area contributed by atoms with E-state index in [1.165, 1.54) is 19.6 Å². The Morgan fingerprint density at radius 2 is 2.21 bits per heavy atom. The number of amides is 1. The average molecular weight is 396 g/mol. The summed E-state index contributed by atoms with van der Waals surface area (Å²) in [6.45, 7) is 3.65. The van der Waals surface area contributed by atoms with Crippen LogP contribution in [0.5, 0.6) is 11.5 Å². The smallest absolute Gasteiger partial charge is 0.228 e. The molecule has 1 spiro atoms. The van der Waals surface area contributed by atoms with E-state index in [-0.39, 0.29) is 23.6 Å². The maximum Gasteiger partial charge on any atom is 0.228 e. The van der Waals surface area contributed by atoms with Gasteiger partial charge in [-0.05, 0) is 24.5 Å². The molecule has 4 unspecified atom stereocenters. The molecule has 1 aromatic rings. The van der Waals surface area contributed by atoms with Gasteiger partial charge < -0.3 is 19.7 Å². The van der Waals surface area contributed by atoms with Gasteiger partial charge in [-0.15, -0.1) is 0 Å². The maximum absolute atomic E-state index is 12.9. The van der Waals surface area contributed by atoms with Crippen molar-refractivity contribution in [2.75, 3.05) is 31.7 Å². The van der Waals surface area contributed by atoms with Crippen LogP contribution >= 0.6 is 0 Å². The Morgan fingerprint density at radius 3 is 2.97 bits per heavy atom. The average Bonchev–Trinajstić information content (AvgIpc) is 3.17. The molecule has 152 valence electrons. The molecule has 6 rings (SSSR count). The summed E-state index contributed by atoms with van der Waals surface area (Å²) in [4.78, 5) is 17.1. The number of anilines is 1. The molecule has 0 radical (unpaired) electrons. The summed E-state index contributed by atoms with van der Waals surface area (Å²) >= 11 is 0. The fourth-order valence-corrected chi connectivity index (χ4v) is 6.58. The number of aliphatic hydroxyl groups is 1. The molecule has 4 aliphatic heterocycles. The van der Waals surface area contributed by atoms with Crippen molar-refractivity contribution in [3.63, 3.8) is 0 Å². The summed E-state index contributed by atoms with van der Waals surface area (Å²) < 4.78 is 11.1. The van der Waals surface area contributed by atoms with E-state index in [0.29, 0.717) is 18.0 Å². The number of hydrogen-bond acceptors (Lipinski definition) is 6. The third kappa shape index (κ3) is 1.91. The van der Waals surface area contributed by atoms with Gasteiger partial charge in [0.05, 0.1) is 24.8 Å². The molecule has 0 aromatic heterocycles. The number of benzene rings is 1. The number of carbonyl (C=O) groups is 1. The second kappa shape index (κ2) is 5.62. The first-order valence-electron chi connectivity index (χ1n) is 10.2. The Bertz CT molecular complexity index is 1010. The van der Waals surface area contributed by atoms with E-state index in [1.54, 1.807) is 11.0 Å². The van der Waals surface area contributed by atoms with E-state index in [1.807, 2.05) is 6.07 Å². The number of phenols is 1. The Kier molecular flexibility index (Phi) is 3.39. The summed E-state index contributed by atoms with van der Waals surface area (Å²) in [5.41, 5.74) is 3.87. The molecule has 0 saturated carbocycles. The van der Waals surface area contributed by atoms with Crippen molar-refractivity contribution >= 4 is 11.6 Å². The second-order valence-corrected chi connectivity index (χ2v) is 8.63. The predicted octanol–water partition coefficient (Wildman–Crippen LogP) is 1.64. The molecule has 5 aliphatic rings. The van der Waals surface area contributed by atoms with Crippen molar-refractivity contribution in [2.45, 2.75) is 37.5 Å². The number of piperidine rings is 1. The van der Waals surface area contributed by atoms with Crippen LogP contribution in [0.2, 0.25) is 0 Å². The van der Waals surface area contributed by atoms with Gasteiger partial charge in [-0.25, -0.2) is 0 Å². The largest absolute Gasteiger partial charge is 0.503 e. The molecule has 4 heterocycles. The van der Waals surface area contributed by atoms with Gasteiger partial charge in [0, 0.05) is 43.2 Å². The first-order chi connectivity index (χ1) is 14.0. The molecule has 2 bridgehead atoms. The lowest BCUT2D eigenvalue weighted by atomic mass is 9.61. The normalized spacial score (nSPS) is 34.5. The molecule has 4 atom stereocenters. The van der Waals surface area contributed by atoms with Crippen LogP contribution in [0.25, 0.3) is 0 Å².